The molecular weight excluding hydrogens is 341 g/mol. The molecule has 0 saturated carbocycles. The van der Waals surface area contributed by atoms with Crippen LogP contribution in [-0.4, -0.2) is 9.97 Å². The number of nitrogens with one attached hydrogen (secondary N) is 2. The van der Waals surface area contributed by atoms with Crippen LogP contribution in [0.15, 0.2) is 53.5 Å². The van der Waals surface area contributed by atoms with Crippen molar-refractivity contribution in [3.63, 3.8) is 0 Å². The summed E-state index contributed by atoms with van der Waals surface area (Å²) in [5, 5.41) is 4.98. The van der Waals surface area contributed by atoms with Gasteiger partial charge in [-0.05, 0) is 54.3 Å². The molecule has 27 heavy (non-hydrogen) atoms. The normalized spacial score (nSPS) is 11.4. The standard InChI is InChI=1S/C22H20FN3O/c1-12(2)14-5-4-13(3)19(10-14)26-21-16-8-9-24-22(27)20(16)17-11-15(23)6-7-18(17)25-21/h4-12H,1-3H3,(H,24,27)(H,25,26). The molecule has 0 atom stereocenters. The van der Waals surface area contributed by atoms with Crippen molar-refractivity contribution in [1.82, 2.24) is 9.97 Å². The van der Waals surface area contributed by atoms with Gasteiger partial charge in [-0.15, -0.1) is 0 Å². The summed E-state index contributed by atoms with van der Waals surface area (Å²) in [6.45, 7) is 6.32. The summed E-state index contributed by atoms with van der Waals surface area (Å²) in [5.41, 5.74) is 3.55. The molecule has 2 N–H and O–H groups in total. The van der Waals surface area contributed by atoms with Gasteiger partial charge in [-0.3, -0.25) is 4.79 Å². The molecule has 0 aliphatic heterocycles. The molecule has 2 aromatic carbocycles. The second kappa shape index (κ2) is 6.50. The maximum atomic E-state index is 13.8. The van der Waals surface area contributed by atoms with Gasteiger partial charge in [0.15, 0.2) is 0 Å². The number of nitrogens with zero attached hydrogens (tertiary/aromatic N) is 1. The lowest BCUT2D eigenvalue weighted by Crippen LogP contribution is -2.08. The number of anilines is 2. The van der Waals surface area contributed by atoms with E-state index in [0.29, 0.717) is 33.4 Å². The summed E-state index contributed by atoms with van der Waals surface area (Å²) < 4.78 is 13.8. The number of benzene rings is 2. The van der Waals surface area contributed by atoms with Gasteiger partial charge in [0.05, 0.1) is 10.9 Å². The molecule has 2 aromatic heterocycles. The highest BCUT2D eigenvalue weighted by Gasteiger charge is 2.13. The zero-order chi connectivity index (χ0) is 19.1. The van der Waals surface area contributed by atoms with Crippen molar-refractivity contribution in [1.29, 1.82) is 0 Å². The first-order valence-corrected chi connectivity index (χ1v) is 8.92. The van der Waals surface area contributed by atoms with Gasteiger partial charge >= 0.3 is 0 Å². The zero-order valence-electron chi connectivity index (χ0n) is 15.4. The molecule has 5 heteroatoms. The average molecular weight is 361 g/mol. The highest BCUT2D eigenvalue weighted by Crippen LogP contribution is 2.31. The molecule has 4 rings (SSSR count). The van der Waals surface area contributed by atoms with Crippen LogP contribution in [0.1, 0.15) is 30.9 Å². The molecular formula is C22H20FN3O. The highest BCUT2D eigenvalue weighted by molar-refractivity contribution is 6.10. The number of aryl methyl sites for hydroxylation is 1. The minimum atomic E-state index is -0.393. The number of rotatable bonds is 3. The number of fused-ring (bicyclic) bond motifs is 3. The topological polar surface area (TPSA) is 57.8 Å². The number of H-pyrrole nitrogens is 1. The van der Waals surface area contributed by atoms with Crippen LogP contribution < -0.4 is 10.9 Å². The molecule has 0 bridgehead atoms. The van der Waals surface area contributed by atoms with Crippen molar-refractivity contribution >= 4 is 33.2 Å². The number of aromatic amines is 1. The molecule has 0 amide bonds. The predicted molar refractivity (Wildman–Crippen MR) is 108 cm³/mol. The lowest BCUT2D eigenvalue weighted by Gasteiger charge is -2.15. The van der Waals surface area contributed by atoms with E-state index >= 15 is 0 Å². The predicted octanol–water partition coefficient (Wildman–Crippen LogP) is 5.39. The molecule has 4 aromatic rings. The second-order valence-corrected chi connectivity index (χ2v) is 7.07. The molecule has 2 heterocycles. The zero-order valence-corrected chi connectivity index (χ0v) is 15.4. The van der Waals surface area contributed by atoms with Crippen LogP contribution in [0.2, 0.25) is 0 Å². The second-order valence-electron chi connectivity index (χ2n) is 7.07. The van der Waals surface area contributed by atoms with E-state index in [4.69, 9.17) is 0 Å². The fourth-order valence-electron chi connectivity index (χ4n) is 3.29. The number of hydrogen-bond donors (Lipinski definition) is 2. The number of hydrogen-bond acceptors (Lipinski definition) is 3. The van der Waals surface area contributed by atoms with Gasteiger partial charge in [-0.2, -0.15) is 0 Å². The summed E-state index contributed by atoms with van der Waals surface area (Å²) in [5.74, 6) is 0.590. The Balaban J connectivity index is 1.97. The van der Waals surface area contributed by atoms with Gasteiger partial charge in [0.1, 0.15) is 11.6 Å². The van der Waals surface area contributed by atoms with Crippen LogP contribution in [-0.2, 0) is 0 Å². The Morgan fingerprint density at radius 2 is 1.89 bits per heavy atom. The maximum absolute atomic E-state index is 13.8. The quantitative estimate of drug-likeness (QED) is 0.481. The van der Waals surface area contributed by atoms with E-state index in [-0.39, 0.29) is 5.56 Å². The van der Waals surface area contributed by atoms with Gasteiger partial charge < -0.3 is 10.3 Å². The van der Waals surface area contributed by atoms with Crippen molar-refractivity contribution in [3.05, 3.63) is 76.0 Å². The molecule has 0 radical (unpaired) electrons. The van der Waals surface area contributed by atoms with E-state index in [1.54, 1.807) is 18.3 Å². The smallest absolute Gasteiger partial charge is 0.256 e. The minimum Gasteiger partial charge on any atom is -0.339 e. The molecule has 4 nitrogen and oxygen atoms in total. The van der Waals surface area contributed by atoms with Gasteiger partial charge in [0.2, 0.25) is 0 Å². The Morgan fingerprint density at radius 3 is 2.67 bits per heavy atom. The van der Waals surface area contributed by atoms with Gasteiger partial charge in [0, 0.05) is 22.7 Å². The number of halogens is 1. The van der Waals surface area contributed by atoms with Crippen molar-refractivity contribution in [2.45, 2.75) is 26.7 Å². The van der Waals surface area contributed by atoms with E-state index in [2.05, 4.69) is 47.3 Å². The third-order valence-corrected chi connectivity index (χ3v) is 4.86. The van der Waals surface area contributed by atoms with E-state index in [9.17, 15) is 9.18 Å². The monoisotopic (exact) mass is 361 g/mol. The molecule has 0 fully saturated rings. The van der Waals surface area contributed by atoms with Crippen LogP contribution in [0.4, 0.5) is 15.9 Å². The fraction of sp³-hybridized carbons (Fsp3) is 0.182. The minimum absolute atomic E-state index is 0.263. The SMILES string of the molecule is Cc1ccc(C(C)C)cc1Nc1nc2ccc(F)cc2c2c(=O)[nH]ccc12. The Morgan fingerprint density at radius 1 is 1.07 bits per heavy atom. The maximum Gasteiger partial charge on any atom is 0.256 e. The third kappa shape index (κ3) is 3.05. The van der Waals surface area contributed by atoms with Crippen LogP contribution in [0.5, 0.6) is 0 Å². The summed E-state index contributed by atoms with van der Waals surface area (Å²) in [4.78, 5) is 19.8. The average Bonchev–Trinajstić information content (AvgIpc) is 2.64. The Labute approximate surface area is 156 Å². The van der Waals surface area contributed by atoms with Gasteiger partial charge in [-0.1, -0.05) is 26.0 Å². The fourth-order valence-corrected chi connectivity index (χ4v) is 3.29. The van der Waals surface area contributed by atoms with Crippen LogP contribution >= 0.6 is 0 Å². The summed E-state index contributed by atoms with van der Waals surface area (Å²) in [7, 11) is 0. The molecule has 0 spiro atoms. The lowest BCUT2D eigenvalue weighted by atomic mass is 10.0. The third-order valence-electron chi connectivity index (χ3n) is 4.86. The highest BCUT2D eigenvalue weighted by atomic mass is 19.1. The van der Waals surface area contributed by atoms with E-state index in [0.717, 1.165) is 11.3 Å². The van der Waals surface area contributed by atoms with Crippen LogP contribution in [0.3, 0.4) is 0 Å². The largest absolute Gasteiger partial charge is 0.339 e. The molecule has 0 aliphatic rings. The molecule has 0 aliphatic carbocycles. The van der Waals surface area contributed by atoms with Crippen molar-refractivity contribution in [2.75, 3.05) is 5.32 Å². The Bertz CT molecular complexity index is 1230. The molecule has 0 saturated heterocycles. The summed E-state index contributed by atoms with van der Waals surface area (Å²) in [6, 6.07) is 12.4. The van der Waals surface area contributed by atoms with E-state index in [1.165, 1.54) is 17.7 Å². The van der Waals surface area contributed by atoms with Gasteiger partial charge in [-0.25, -0.2) is 9.37 Å². The van der Waals surface area contributed by atoms with Crippen molar-refractivity contribution in [2.24, 2.45) is 0 Å². The van der Waals surface area contributed by atoms with E-state index < -0.39 is 5.82 Å². The van der Waals surface area contributed by atoms with Gasteiger partial charge in [0.25, 0.3) is 5.56 Å². The Hall–Kier alpha value is -3.21. The molecule has 0 unspecified atom stereocenters. The summed E-state index contributed by atoms with van der Waals surface area (Å²) in [6.07, 6.45) is 1.58. The number of aromatic nitrogens is 2. The van der Waals surface area contributed by atoms with Crippen LogP contribution in [0.25, 0.3) is 21.7 Å². The Kier molecular flexibility index (Phi) is 4.15. The summed E-state index contributed by atoms with van der Waals surface area (Å²) >= 11 is 0. The first-order chi connectivity index (χ1) is 12.9. The molecule has 136 valence electrons. The first kappa shape index (κ1) is 17.2. The van der Waals surface area contributed by atoms with Crippen molar-refractivity contribution < 1.29 is 4.39 Å². The van der Waals surface area contributed by atoms with Crippen LogP contribution in [0, 0.1) is 12.7 Å². The van der Waals surface area contributed by atoms with E-state index in [1.807, 2.05) is 6.92 Å². The number of pyridine rings is 2. The first-order valence-electron chi connectivity index (χ1n) is 8.92. The lowest BCUT2D eigenvalue weighted by molar-refractivity contribution is 0.629. The van der Waals surface area contributed by atoms with Crippen molar-refractivity contribution in [3.8, 4) is 0 Å².